The number of alkyl halides is 3. The van der Waals surface area contributed by atoms with Gasteiger partial charge in [0.15, 0.2) is 11.5 Å². The third kappa shape index (κ3) is 3.59. The van der Waals surface area contributed by atoms with Crippen LogP contribution in [0.3, 0.4) is 0 Å². The second-order valence-corrected chi connectivity index (χ2v) is 6.60. The maximum Gasteiger partial charge on any atom is 0.416 e. The zero-order valence-electron chi connectivity index (χ0n) is 15.9. The fraction of sp³-hybridized carbons (Fsp3) is 0.150. The van der Waals surface area contributed by atoms with E-state index < -0.39 is 17.6 Å². The number of nitrogens with zero attached hydrogens (tertiary/aromatic N) is 6. The lowest BCUT2D eigenvalue weighted by molar-refractivity contribution is -0.137. The van der Waals surface area contributed by atoms with E-state index in [-0.39, 0.29) is 5.69 Å². The number of benzene rings is 1. The Morgan fingerprint density at radius 1 is 0.967 bits per heavy atom. The van der Waals surface area contributed by atoms with Crippen LogP contribution >= 0.6 is 0 Å². The molecule has 0 atom stereocenters. The molecule has 0 saturated carbocycles. The summed E-state index contributed by atoms with van der Waals surface area (Å²) in [6.07, 6.45) is 3.06. The minimum atomic E-state index is -4.41. The molecule has 1 aromatic carbocycles. The van der Waals surface area contributed by atoms with Crippen molar-refractivity contribution in [2.24, 2.45) is 0 Å². The van der Waals surface area contributed by atoms with Gasteiger partial charge in [0.2, 0.25) is 0 Å². The van der Waals surface area contributed by atoms with Crippen LogP contribution in [-0.4, -0.2) is 37.3 Å². The first-order valence-corrected chi connectivity index (χ1v) is 8.81. The van der Waals surface area contributed by atoms with Crippen LogP contribution in [-0.2, 0) is 6.18 Å². The van der Waals surface area contributed by atoms with Crippen molar-refractivity contribution in [2.45, 2.75) is 13.1 Å². The number of rotatable bonds is 3. The molecule has 10 heteroatoms. The number of aromatic nitrogens is 5. The Hall–Kier alpha value is -3.82. The molecular weight excluding hydrogens is 397 g/mol. The van der Waals surface area contributed by atoms with Gasteiger partial charge in [-0.15, -0.1) is 0 Å². The summed E-state index contributed by atoms with van der Waals surface area (Å²) in [5, 5.41) is 0. The Morgan fingerprint density at radius 2 is 1.70 bits per heavy atom. The Bertz CT molecular complexity index is 1220. The van der Waals surface area contributed by atoms with E-state index in [2.05, 4.69) is 19.9 Å². The van der Waals surface area contributed by atoms with Gasteiger partial charge in [-0.25, -0.2) is 15.0 Å². The van der Waals surface area contributed by atoms with E-state index >= 15 is 0 Å². The van der Waals surface area contributed by atoms with E-state index in [1.165, 1.54) is 41.8 Å². The first-order chi connectivity index (χ1) is 14.2. The van der Waals surface area contributed by atoms with E-state index in [1.54, 1.807) is 24.6 Å². The van der Waals surface area contributed by atoms with Crippen LogP contribution in [0.15, 0.2) is 55.2 Å². The van der Waals surface area contributed by atoms with Crippen LogP contribution < -0.4 is 4.90 Å². The first kappa shape index (κ1) is 19.5. The van der Waals surface area contributed by atoms with Crippen LogP contribution in [0.5, 0.6) is 0 Å². The van der Waals surface area contributed by atoms with E-state index in [0.717, 1.165) is 17.8 Å². The molecule has 0 saturated heterocycles. The largest absolute Gasteiger partial charge is 0.416 e. The molecule has 0 aliphatic heterocycles. The predicted molar refractivity (Wildman–Crippen MR) is 103 cm³/mol. The smallest absolute Gasteiger partial charge is 0.296 e. The number of imidazole rings is 1. The van der Waals surface area contributed by atoms with Crippen molar-refractivity contribution in [3.8, 4) is 11.3 Å². The molecule has 152 valence electrons. The first-order valence-electron chi connectivity index (χ1n) is 8.81. The van der Waals surface area contributed by atoms with E-state index in [0.29, 0.717) is 22.7 Å². The number of anilines is 1. The average Bonchev–Trinajstić information content (AvgIpc) is 3.16. The molecule has 0 aliphatic carbocycles. The molecule has 3 heterocycles. The fourth-order valence-electron chi connectivity index (χ4n) is 2.88. The van der Waals surface area contributed by atoms with Crippen LogP contribution in [0.25, 0.3) is 16.9 Å². The number of amides is 1. The summed E-state index contributed by atoms with van der Waals surface area (Å²) >= 11 is 0. The molecular formula is C20H15F3N6O. The number of hydrogen-bond donors (Lipinski definition) is 0. The molecule has 0 N–H and O–H groups in total. The normalized spacial score (nSPS) is 11.6. The second kappa shape index (κ2) is 7.21. The molecule has 0 radical (unpaired) electrons. The molecule has 4 aromatic rings. The van der Waals surface area contributed by atoms with Crippen molar-refractivity contribution in [2.75, 3.05) is 11.9 Å². The Kier molecular flexibility index (Phi) is 4.69. The zero-order chi connectivity index (χ0) is 21.5. The quantitative estimate of drug-likeness (QED) is 0.512. The number of carbonyl (C=O) groups excluding carboxylic acids is 1. The summed E-state index contributed by atoms with van der Waals surface area (Å²) in [6, 6.07) is 4.74. The zero-order valence-corrected chi connectivity index (χ0v) is 15.9. The minimum Gasteiger partial charge on any atom is -0.296 e. The van der Waals surface area contributed by atoms with Gasteiger partial charge in [0.25, 0.3) is 5.91 Å². The van der Waals surface area contributed by atoms with E-state index in [1.807, 2.05) is 0 Å². The topological polar surface area (TPSA) is 76.3 Å². The highest BCUT2D eigenvalue weighted by molar-refractivity contribution is 6.03. The van der Waals surface area contributed by atoms with Crippen molar-refractivity contribution in [3.63, 3.8) is 0 Å². The average molecular weight is 412 g/mol. The number of carbonyl (C=O) groups is 1. The van der Waals surface area contributed by atoms with Crippen LogP contribution in [0.4, 0.5) is 19.0 Å². The minimum absolute atomic E-state index is 0.124. The predicted octanol–water partition coefficient (Wildman–Crippen LogP) is 3.79. The lowest BCUT2D eigenvalue weighted by Crippen LogP contribution is -2.28. The second-order valence-electron chi connectivity index (χ2n) is 6.60. The summed E-state index contributed by atoms with van der Waals surface area (Å²) < 4.78 is 40.1. The van der Waals surface area contributed by atoms with Gasteiger partial charge >= 0.3 is 6.18 Å². The number of fused-ring (bicyclic) bond motifs is 1. The maximum atomic E-state index is 12.8. The van der Waals surface area contributed by atoms with Crippen molar-refractivity contribution in [1.29, 1.82) is 0 Å². The van der Waals surface area contributed by atoms with Crippen molar-refractivity contribution in [1.82, 2.24) is 24.3 Å². The van der Waals surface area contributed by atoms with Crippen molar-refractivity contribution in [3.05, 3.63) is 72.2 Å². The standard InChI is InChI=1S/C20H15F3N6O/c1-12-7-26-17(9-24-12)28(2)19(30)15-11-29-16(8-27-18(29)10-25-15)13-3-5-14(6-4-13)20(21,22)23/h3-11H,1-2H3. The number of halogens is 3. The van der Waals surface area contributed by atoms with Gasteiger partial charge in [-0.2, -0.15) is 13.2 Å². The fourth-order valence-corrected chi connectivity index (χ4v) is 2.88. The summed E-state index contributed by atoms with van der Waals surface area (Å²) in [6.45, 7) is 1.79. The maximum absolute atomic E-state index is 12.8. The molecule has 0 aliphatic rings. The Balaban J connectivity index is 1.69. The van der Waals surface area contributed by atoms with Gasteiger partial charge in [0.1, 0.15) is 5.69 Å². The van der Waals surface area contributed by atoms with Gasteiger partial charge in [-0.3, -0.25) is 19.1 Å². The molecule has 0 fully saturated rings. The number of hydrogen-bond acceptors (Lipinski definition) is 5. The third-order valence-corrected chi connectivity index (χ3v) is 4.54. The highest BCUT2D eigenvalue weighted by Gasteiger charge is 2.30. The lowest BCUT2D eigenvalue weighted by Gasteiger charge is -2.15. The molecule has 0 unspecified atom stereocenters. The molecule has 30 heavy (non-hydrogen) atoms. The molecule has 3 aromatic heterocycles. The summed E-state index contributed by atoms with van der Waals surface area (Å²) in [5.41, 5.74) is 1.63. The molecule has 1 amide bonds. The van der Waals surface area contributed by atoms with Crippen LogP contribution in [0.1, 0.15) is 21.7 Å². The summed E-state index contributed by atoms with van der Waals surface area (Å²) in [5.74, 6) is -0.0526. The van der Waals surface area contributed by atoms with Crippen molar-refractivity contribution >= 4 is 17.4 Å². The third-order valence-electron chi connectivity index (χ3n) is 4.54. The highest BCUT2D eigenvalue weighted by atomic mass is 19.4. The summed E-state index contributed by atoms with van der Waals surface area (Å²) in [7, 11) is 1.55. The summed E-state index contributed by atoms with van der Waals surface area (Å²) in [4.78, 5) is 30.8. The number of aryl methyl sites for hydroxylation is 1. The van der Waals surface area contributed by atoms with Crippen molar-refractivity contribution < 1.29 is 18.0 Å². The van der Waals surface area contributed by atoms with Gasteiger partial charge < -0.3 is 0 Å². The molecule has 7 nitrogen and oxygen atoms in total. The molecule has 0 bridgehead atoms. The van der Waals surface area contributed by atoms with Gasteiger partial charge in [0.05, 0.1) is 41.7 Å². The lowest BCUT2D eigenvalue weighted by atomic mass is 10.1. The van der Waals surface area contributed by atoms with E-state index in [9.17, 15) is 18.0 Å². The Morgan fingerprint density at radius 3 is 2.33 bits per heavy atom. The Labute approximate surface area is 168 Å². The van der Waals surface area contributed by atoms with Crippen LogP contribution in [0.2, 0.25) is 0 Å². The highest BCUT2D eigenvalue weighted by Crippen LogP contribution is 2.31. The van der Waals surface area contributed by atoms with Gasteiger partial charge in [0, 0.05) is 18.8 Å². The molecule has 4 rings (SSSR count). The van der Waals surface area contributed by atoms with Crippen LogP contribution in [0, 0.1) is 6.92 Å². The SMILES string of the molecule is Cc1cnc(N(C)C(=O)c2cn3c(-c4ccc(C(F)(F)F)cc4)cnc3cn2)cn1. The van der Waals surface area contributed by atoms with Gasteiger partial charge in [-0.05, 0) is 19.1 Å². The molecule has 0 spiro atoms. The monoisotopic (exact) mass is 412 g/mol. The van der Waals surface area contributed by atoms with E-state index in [4.69, 9.17) is 0 Å². The van der Waals surface area contributed by atoms with Gasteiger partial charge in [-0.1, -0.05) is 12.1 Å².